The summed E-state index contributed by atoms with van der Waals surface area (Å²) in [4.78, 5) is 25.1. The third-order valence-corrected chi connectivity index (χ3v) is 4.08. The summed E-state index contributed by atoms with van der Waals surface area (Å²) in [6.45, 7) is -2.82. The zero-order valence-corrected chi connectivity index (χ0v) is 13.7. The molecule has 2 rings (SSSR count). The molecule has 1 aromatic rings. The number of β-amino-alcohol motifs (C(OH)–C–C–N with tert-alkyl or cyclic N) is 1. The summed E-state index contributed by atoms with van der Waals surface area (Å²) in [5, 5.41) is 10.2. The first-order chi connectivity index (χ1) is 11.7. The van der Waals surface area contributed by atoms with Gasteiger partial charge in [0.15, 0.2) is 17.1 Å². The van der Waals surface area contributed by atoms with Crippen LogP contribution in [0.5, 0.6) is 11.5 Å². The lowest BCUT2D eigenvalue weighted by Crippen LogP contribution is -2.57. The summed E-state index contributed by atoms with van der Waals surface area (Å²) in [7, 11) is 1.32. The number of ether oxygens (including phenoxy) is 2. The molecule has 1 aliphatic rings. The number of carbonyl (C=O) groups excluding carboxylic acids is 2. The number of halogens is 2. The van der Waals surface area contributed by atoms with Crippen molar-refractivity contribution in [2.45, 2.75) is 31.5 Å². The number of primary amides is 1. The summed E-state index contributed by atoms with van der Waals surface area (Å²) < 4.78 is 34.2. The number of benzene rings is 1. The average Bonchev–Trinajstić information content (AvgIpc) is 2.54. The van der Waals surface area contributed by atoms with Crippen LogP contribution in [-0.2, 0) is 16.0 Å². The maximum atomic E-state index is 12.5. The highest BCUT2D eigenvalue weighted by atomic mass is 19.3. The molecule has 3 N–H and O–H groups in total. The largest absolute Gasteiger partial charge is 0.493 e. The SMILES string of the molecule is COc1ccc(CC(=O)N2CCCC(O)(C(N)=O)C2)cc1OC(F)F. The summed E-state index contributed by atoms with van der Waals surface area (Å²) in [6, 6.07) is 4.28. The van der Waals surface area contributed by atoms with Gasteiger partial charge in [-0.3, -0.25) is 9.59 Å². The summed E-state index contributed by atoms with van der Waals surface area (Å²) >= 11 is 0. The number of rotatable bonds is 6. The van der Waals surface area contributed by atoms with Gasteiger partial charge in [0.25, 0.3) is 5.91 Å². The Labute approximate surface area is 143 Å². The predicted molar refractivity (Wildman–Crippen MR) is 83.3 cm³/mol. The number of nitrogens with zero attached hydrogens (tertiary/aromatic N) is 1. The number of alkyl halides is 2. The van der Waals surface area contributed by atoms with Crippen LogP contribution in [0, 0.1) is 0 Å². The molecule has 0 radical (unpaired) electrons. The maximum absolute atomic E-state index is 12.5. The Morgan fingerprint density at radius 2 is 2.12 bits per heavy atom. The standard InChI is InChI=1S/C16H20F2N2O5/c1-24-11-4-3-10(7-12(11)25-15(17)18)8-13(21)20-6-2-5-16(23,9-20)14(19)22/h3-4,7,15,23H,2,5-6,8-9H2,1H3,(H2,19,22). The molecule has 1 aromatic carbocycles. The number of amides is 2. The number of hydrogen-bond donors (Lipinski definition) is 2. The van der Waals surface area contributed by atoms with E-state index in [9.17, 15) is 23.5 Å². The Hall–Kier alpha value is -2.42. The molecule has 1 heterocycles. The van der Waals surface area contributed by atoms with Gasteiger partial charge in [-0.25, -0.2) is 0 Å². The van der Waals surface area contributed by atoms with Gasteiger partial charge in [0.2, 0.25) is 5.91 Å². The van der Waals surface area contributed by atoms with Gasteiger partial charge in [-0.2, -0.15) is 8.78 Å². The molecule has 25 heavy (non-hydrogen) atoms. The number of aliphatic hydroxyl groups is 1. The Morgan fingerprint density at radius 3 is 2.72 bits per heavy atom. The molecule has 1 fully saturated rings. The van der Waals surface area contributed by atoms with Crippen molar-refractivity contribution in [1.29, 1.82) is 0 Å². The number of carbonyl (C=O) groups is 2. The lowest BCUT2D eigenvalue weighted by Gasteiger charge is -2.37. The zero-order chi connectivity index (χ0) is 18.6. The molecule has 1 unspecified atom stereocenters. The van der Waals surface area contributed by atoms with E-state index in [1.807, 2.05) is 0 Å². The monoisotopic (exact) mass is 358 g/mol. The molecule has 0 spiro atoms. The quantitative estimate of drug-likeness (QED) is 0.779. The maximum Gasteiger partial charge on any atom is 0.387 e. The predicted octanol–water partition coefficient (Wildman–Crippen LogP) is 0.678. The van der Waals surface area contributed by atoms with Crippen molar-refractivity contribution in [1.82, 2.24) is 4.90 Å². The minimum Gasteiger partial charge on any atom is -0.493 e. The molecule has 138 valence electrons. The van der Waals surface area contributed by atoms with E-state index in [0.29, 0.717) is 18.5 Å². The Balaban J connectivity index is 2.11. The van der Waals surface area contributed by atoms with Gasteiger partial charge in [-0.15, -0.1) is 0 Å². The van der Waals surface area contributed by atoms with Crippen molar-refractivity contribution >= 4 is 11.8 Å². The Kier molecular flexibility index (Phi) is 5.78. The Bertz CT molecular complexity index is 655. The lowest BCUT2D eigenvalue weighted by molar-refractivity contribution is -0.148. The molecule has 1 saturated heterocycles. The fourth-order valence-corrected chi connectivity index (χ4v) is 2.76. The fraction of sp³-hybridized carbons (Fsp3) is 0.500. The third-order valence-electron chi connectivity index (χ3n) is 4.08. The highest BCUT2D eigenvalue weighted by Crippen LogP contribution is 2.30. The summed E-state index contributed by atoms with van der Waals surface area (Å²) in [6.07, 6.45) is 0.535. The first-order valence-electron chi connectivity index (χ1n) is 7.67. The number of likely N-dealkylation sites (tertiary alicyclic amines) is 1. The highest BCUT2D eigenvalue weighted by molar-refractivity contribution is 5.85. The van der Waals surface area contributed by atoms with Crippen LogP contribution in [0.15, 0.2) is 18.2 Å². The molecular formula is C16H20F2N2O5. The van der Waals surface area contributed by atoms with Crippen LogP contribution in [0.1, 0.15) is 18.4 Å². The van der Waals surface area contributed by atoms with Gasteiger partial charge in [-0.1, -0.05) is 6.07 Å². The van der Waals surface area contributed by atoms with Crippen molar-refractivity contribution in [2.75, 3.05) is 20.2 Å². The first kappa shape index (κ1) is 18.9. The molecule has 0 aliphatic carbocycles. The molecule has 0 aromatic heterocycles. The second-order valence-corrected chi connectivity index (χ2v) is 5.86. The van der Waals surface area contributed by atoms with Gasteiger partial charge >= 0.3 is 6.61 Å². The van der Waals surface area contributed by atoms with Crippen molar-refractivity contribution in [3.05, 3.63) is 23.8 Å². The van der Waals surface area contributed by atoms with E-state index < -0.39 is 18.1 Å². The van der Waals surface area contributed by atoms with Crippen LogP contribution in [0.25, 0.3) is 0 Å². The number of methoxy groups -OCH3 is 1. The van der Waals surface area contributed by atoms with Crippen LogP contribution in [0.4, 0.5) is 8.78 Å². The van der Waals surface area contributed by atoms with E-state index in [1.165, 1.54) is 24.1 Å². The van der Waals surface area contributed by atoms with Gasteiger partial charge in [-0.05, 0) is 30.5 Å². The molecule has 0 bridgehead atoms. The fourth-order valence-electron chi connectivity index (χ4n) is 2.76. The average molecular weight is 358 g/mol. The second kappa shape index (κ2) is 7.64. The van der Waals surface area contributed by atoms with Crippen LogP contribution < -0.4 is 15.2 Å². The smallest absolute Gasteiger partial charge is 0.387 e. The normalized spacial score (nSPS) is 20.4. The van der Waals surface area contributed by atoms with Crippen LogP contribution in [-0.4, -0.2) is 54.2 Å². The number of nitrogens with two attached hydrogens (primary N) is 1. The van der Waals surface area contributed by atoms with Gasteiger partial charge in [0.1, 0.15) is 0 Å². The minimum atomic E-state index is -3.02. The minimum absolute atomic E-state index is 0.0988. The molecule has 9 heteroatoms. The van der Waals surface area contributed by atoms with E-state index in [1.54, 1.807) is 6.07 Å². The van der Waals surface area contributed by atoms with Gasteiger partial charge in [0.05, 0.1) is 20.1 Å². The summed E-state index contributed by atoms with van der Waals surface area (Å²) in [5.41, 5.74) is 3.89. The van der Waals surface area contributed by atoms with E-state index in [-0.39, 0.29) is 36.8 Å². The zero-order valence-electron chi connectivity index (χ0n) is 13.7. The van der Waals surface area contributed by atoms with Gasteiger partial charge < -0.3 is 25.2 Å². The van der Waals surface area contributed by atoms with E-state index >= 15 is 0 Å². The summed E-state index contributed by atoms with van der Waals surface area (Å²) in [5.74, 6) is -1.28. The number of piperidine rings is 1. The van der Waals surface area contributed by atoms with E-state index in [0.717, 1.165) is 0 Å². The van der Waals surface area contributed by atoms with Crippen LogP contribution in [0.3, 0.4) is 0 Å². The topological polar surface area (TPSA) is 102 Å². The molecular weight excluding hydrogens is 338 g/mol. The number of hydrogen-bond acceptors (Lipinski definition) is 5. The second-order valence-electron chi connectivity index (χ2n) is 5.86. The highest BCUT2D eigenvalue weighted by Gasteiger charge is 2.40. The molecule has 1 atom stereocenters. The molecule has 1 aliphatic heterocycles. The van der Waals surface area contributed by atoms with Crippen molar-refractivity contribution in [3.63, 3.8) is 0 Å². The van der Waals surface area contributed by atoms with Crippen molar-refractivity contribution in [2.24, 2.45) is 5.73 Å². The van der Waals surface area contributed by atoms with Crippen molar-refractivity contribution < 1.29 is 33.0 Å². The Morgan fingerprint density at radius 1 is 1.40 bits per heavy atom. The van der Waals surface area contributed by atoms with Crippen LogP contribution in [0.2, 0.25) is 0 Å². The third kappa shape index (κ3) is 4.56. The first-order valence-corrected chi connectivity index (χ1v) is 7.67. The van der Waals surface area contributed by atoms with Crippen molar-refractivity contribution in [3.8, 4) is 11.5 Å². The molecule has 0 saturated carbocycles. The lowest BCUT2D eigenvalue weighted by atomic mass is 9.92. The van der Waals surface area contributed by atoms with Gasteiger partial charge in [0, 0.05) is 6.54 Å². The molecule has 2 amide bonds. The van der Waals surface area contributed by atoms with E-state index in [2.05, 4.69) is 4.74 Å². The molecule has 7 nitrogen and oxygen atoms in total. The van der Waals surface area contributed by atoms with E-state index in [4.69, 9.17) is 10.5 Å². The van der Waals surface area contributed by atoms with Crippen LogP contribution >= 0.6 is 0 Å².